The SMILES string of the molecule is Cc1cc(C)c(-c2csc(Nc3ccccc3F)n2)cc1C. The third-order valence-corrected chi connectivity index (χ3v) is 4.49. The van der Waals surface area contributed by atoms with Crippen LogP contribution in [0.2, 0.25) is 0 Å². The quantitative estimate of drug-likeness (QED) is 0.679. The van der Waals surface area contributed by atoms with Gasteiger partial charge in [-0.05, 0) is 55.7 Å². The fourth-order valence-electron chi connectivity index (χ4n) is 2.37. The van der Waals surface area contributed by atoms with Crippen LogP contribution in [0.3, 0.4) is 0 Å². The van der Waals surface area contributed by atoms with Crippen molar-refractivity contribution in [1.29, 1.82) is 0 Å². The minimum Gasteiger partial charge on any atom is -0.329 e. The highest BCUT2D eigenvalue weighted by molar-refractivity contribution is 7.14. The maximum atomic E-state index is 13.7. The predicted octanol–water partition coefficient (Wildman–Crippen LogP) is 5.62. The van der Waals surface area contributed by atoms with Gasteiger partial charge in [0.1, 0.15) is 5.82 Å². The smallest absolute Gasteiger partial charge is 0.187 e. The summed E-state index contributed by atoms with van der Waals surface area (Å²) >= 11 is 1.48. The molecule has 0 aliphatic rings. The number of anilines is 2. The van der Waals surface area contributed by atoms with Crippen molar-refractivity contribution in [3.8, 4) is 11.3 Å². The molecule has 1 heterocycles. The zero-order valence-corrected chi connectivity index (χ0v) is 13.6. The van der Waals surface area contributed by atoms with E-state index in [0.29, 0.717) is 10.8 Å². The van der Waals surface area contributed by atoms with Gasteiger partial charge in [0.2, 0.25) is 0 Å². The molecule has 0 spiro atoms. The number of hydrogen-bond donors (Lipinski definition) is 1. The van der Waals surface area contributed by atoms with Gasteiger partial charge in [0, 0.05) is 10.9 Å². The molecule has 4 heteroatoms. The Balaban J connectivity index is 1.91. The lowest BCUT2D eigenvalue weighted by atomic mass is 9.99. The van der Waals surface area contributed by atoms with E-state index in [1.165, 1.54) is 34.1 Å². The number of nitrogens with one attached hydrogen (secondary N) is 1. The molecular formula is C18H17FN2S. The second-order valence-corrected chi connectivity index (χ2v) is 6.25. The molecule has 0 bridgehead atoms. The maximum absolute atomic E-state index is 13.7. The molecule has 22 heavy (non-hydrogen) atoms. The van der Waals surface area contributed by atoms with Gasteiger partial charge >= 0.3 is 0 Å². The Labute approximate surface area is 133 Å². The largest absolute Gasteiger partial charge is 0.329 e. The molecule has 0 amide bonds. The van der Waals surface area contributed by atoms with Crippen LogP contribution < -0.4 is 5.32 Å². The van der Waals surface area contributed by atoms with Crippen LogP contribution in [0.5, 0.6) is 0 Å². The van der Waals surface area contributed by atoms with E-state index >= 15 is 0 Å². The monoisotopic (exact) mass is 312 g/mol. The summed E-state index contributed by atoms with van der Waals surface area (Å²) in [4.78, 5) is 4.59. The number of aryl methyl sites for hydroxylation is 3. The second kappa shape index (κ2) is 5.89. The van der Waals surface area contributed by atoms with Crippen LogP contribution in [0.4, 0.5) is 15.2 Å². The first kappa shape index (κ1) is 14.7. The first-order valence-electron chi connectivity index (χ1n) is 7.10. The summed E-state index contributed by atoms with van der Waals surface area (Å²) in [5.41, 5.74) is 6.22. The summed E-state index contributed by atoms with van der Waals surface area (Å²) in [6, 6.07) is 10.9. The fourth-order valence-corrected chi connectivity index (χ4v) is 3.09. The Morgan fingerprint density at radius 3 is 2.50 bits per heavy atom. The van der Waals surface area contributed by atoms with E-state index in [1.807, 2.05) is 5.38 Å². The molecular weight excluding hydrogens is 295 g/mol. The van der Waals surface area contributed by atoms with Crippen LogP contribution in [0.1, 0.15) is 16.7 Å². The molecule has 0 aliphatic heterocycles. The van der Waals surface area contributed by atoms with Crippen molar-refractivity contribution in [1.82, 2.24) is 4.98 Å². The van der Waals surface area contributed by atoms with Gasteiger partial charge in [-0.2, -0.15) is 0 Å². The summed E-state index contributed by atoms with van der Waals surface area (Å²) in [6.45, 7) is 6.30. The van der Waals surface area contributed by atoms with Crippen LogP contribution in [0.25, 0.3) is 11.3 Å². The van der Waals surface area contributed by atoms with E-state index in [9.17, 15) is 4.39 Å². The molecule has 112 valence electrons. The van der Waals surface area contributed by atoms with Crippen molar-refractivity contribution >= 4 is 22.2 Å². The molecule has 0 saturated carbocycles. The maximum Gasteiger partial charge on any atom is 0.187 e. The lowest BCUT2D eigenvalue weighted by Gasteiger charge is -2.07. The van der Waals surface area contributed by atoms with E-state index in [-0.39, 0.29) is 5.82 Å². The van der Waals surface area contributed by atoms with Gasteiger partial charge in [-0.15, -0.1) is 11.3 Å². The molecule has 2 aromatic carbocycles. The highest BCUT2D eigenvalue weighted by atomic mass is 32.1. The predicted molar refractivity (Wildman–Crippen MR) is 91.4 cm³/mol. The summed E-state index contributed by atoms with van der Waals surface area (Å²) < 4.78 is 13.7. The van der Waals surface area contributed by atoms with Crippen LogP contribution in [0, 0.1) is 26.6 Å². The minimum absolute atomic E-state index is 0.276. The number of hydrogen-bond acceptors (Lipinski definition) is 3. The van der Waals surface area contributed by atoms with Crippen LogP contribution >= 0.6 is 11.3 Å². The highest BCUT2D eigenvalue weighted by Gasteiger charge is 2.10. The molecule has 1 aromatic heterocycles. The van der Waals surface area contributed by atoms with Crippen LogP contribution in [-0.2, 0) is 0 Å². The number of aromatic nitrogens is 1. The Bertz CT molecular complexity index is 824. The van der Waals surface area contributed by atoms with E-state index in [0.717, 1.165) is 11.3 Å². The average Bonchev–Trinajstić information content (AvgIpc) is 2.94. The Morgan fingerprint density at radius 1 is 1.00 bits per heavy atom. The van der Waals surface area contributed by atoms with Crippen molar-refractivity contribution < 1.29 is 4.39 Å². The highest BCUT2D eigenvalue weighted by Crippen LogP contribution is 2.31. The first-order chi connectivity index (χ1) is 10.5. The minimum atomic E-state index is -0.276. The van der Waals surface area contributed by atoms with E-state index in [1.54, 1.807) is 18.2 Å². The van der Waals surface area contributed by atoms with Gasteiger partial charge in [0.25, 0.3) is 0 Å². The Hall–Kier alpha value is -2.20. The summed E-state index contributed by atoms with van der Waals surface area (Å²) in [5, 5.41) is 5.73. The first-order valence-corrected chi connectivity index (χ1v) is 7.98. The molecule has 0 atom stereocenters. The number of thiazole rings is 1. The van der Waals surface area contributed by atoms with Gasteiger partial charge < -0.3 is 5.32 Å². The summed E-state index contributed by atoms with van der Waals surface area (Å²) in [7, 11) is 0. The zero-order chi connectivity index (χ0) is 15.7. The Morgan fingerprint density at radius 2 is 1.73 bits per heavy atom. The normalized spacial score (nSPS) is 10.7. The van der Waals surface area contributed by atoms with Gasteiger partial charge in [0.15, 0.2) is 5.13 Å². The zero-order valence-electron chi connectivity index (χ0n) is 12.8. The van der Waals surface area contributed by atoms with Gasteiger partial charge in [-0.3, -0.25) is 0 Å². The van der Waals surface area contributed by atoms with Crippen molar-refractivity contribution in [2.24, 2.45) is 0 Å². The van der Waals surface area contributed by atoms with Crippen molar-refractivity contribution in [2.45, 2.75) is 20.8 Å². The third kappa shape index (κ3) is 2.88. The number of para-hydroxylation sites is 1. The second-order valence-electron chi connectivity index (χ2n) is 5.39. The topological polar surface area (TPSA) is 24.9 Å². The molecule has 0 aliphatic carbocycles. The lowest BCUT2D eigenvalue weighted by Crippen LogP contribution is -1.93. The van der Waals surface area contributed by atoms with E-state index in [2.05, 4.69) is 43.2 Å². The number of rotatable bonds is 3. The molecule has 3 aromatic rings. The standard InChI is InChI=1S/C18H17FN2S/c1-11-8-13(3)14(9-12(11)2)17-10-22-18(21-17)20-16-7-5-4-6-15(16)19/h4-10H,1-3H3,(H,20,21). The number of halogens is 1. The van der Waals surface area contributed by atoms with E-state index in [4.69, 9.17) is 0 Å². The van der Waals surface area contributed by atoms with Gasteiger partial charge in [0.05, 0.1) is 11.4 Å². The number of nitrogens with zero attached hydrogens (tertiary/aromatic N) is 1. The molecule has 0 fully saturated rings. The molecule has 3 rings (SSSR count). The molecule has 1 N–H and O–H groups in total. The van der Waals surface area contributed by atoms with Gasteiger partial charge in [-0.25, -0.2) is 9.37 Å². The van der Waals surface area contributed by atoms with Crippen molar-refractivity contribution in [3.63, 3.8) is 0 Å². The van der Waals surface area contributed by atoms with Crippen molar-refractivity contribution in [3.05, 3.63) is 64.3 Å². The summed E-state index contributed by atoms with van der Waals surface area (Å²) in [5.74, 6) is -0.276. The Kier molecular flexibility index (Phi) is 3.94. The fraction of sp³-hybridized carbons (Fsp3) is 0.167. The van der Waals surface area contributed by atoms with Crippen LogP contribution in [0.15, 0.2) is 41.8 Å². The van der Waals surface area contributed by atoms with Gasteiger partial charge in [-0.1, -0.05) is 18.2 Å². The van der Waals surface area contributed by atoms with Crippen LogP contribution in [-0.4, -0.2) is 4.98 Å². The molecule has 0 unspecified atom stereocenters. The number of benzene rings is 2. The molecule has 2 nitrogen and oxygen atoms in total. The van der Waals surface area contributed by atoms with E-state index < -0.39 is 0 Å². The molecule has 0 saturated heterocycles. The van der Waals surface area contributed by atoms with Crippen molar-refractivity contribution in [2.75, 3.05) is 5.32 Å². The summed E-state index contributed by atoms with van der Waals surface area (Å²) in [6.07, 6.45) is 0. The lowest BCUT2D eigenvalue weighted by molar-refractivity contribution is 0.632. The molecule has 0 radical (unpaired) electrons. The average molecular weight is 312 g/mol. The third-order valence-electron chi connectivity index (χ3n) is 3.74.